The van der Waals surface area contributed by atoms with Crippen molar-refractivity contribution in [1.82, 2.24) is 0 Å². The molecule has 0 fully saturated rings. The SMILES string of the molecule is CCCC#P=O.[H-].[Na+]. The number of hydrogen-bond acceptors (Lipinski definition) is 1. The Morgan fingerprint density at radius 2 is 2.43 bits per heavy atom. The molecular formula is C4H8NaOP. The normalized spacial score (nSPS) is 5.86. The van der Waals surface area contributed by atoms with E-state index in [1.54, 1.807) is 0 Å². The predicted molar refractivity (Wildman–Crippen MR) is 27.5 cm³/mol. The third-order valence-corrected chi connectivity index (χ3v) is 0.779. The summed E-state index contributed by atoms with van der Waals surface area (Å²) in [5.41, 5.74) is 2.61. The minimum absolute atomic E-state index is 0. The van der Waals surface area contributed by atoms with Gasteiger partial charge in [-0.15, -0.1) is 0 Å². The van der Waals surface area contributed by atoms with Crippen LogP contribution in [0.15, 0.2) is 0 Å². The first-order valence-electron chi connectivity index (χ1n) is 1.97. The molecule has 1 nitrogen and oxygen atoms in total. The van der Waals surface area contributed by atoms with Crippen molar-refractivity contribution in [2.24, 2.45) is 0 Å². The van der Waals surface area contributed by atoms with Crippen LogP contribution in [0.2, 0.25) is 0 Å². The predicted octanol–water partition coefficient (Wildman–Crippen LogP) is -0.846. The van der Waals surface area contributed by atoms with Gasteiger partial charge in [0.15, 0.2) is 0 Å². The van der Waals surface area contributed by atoms with E-state index < -0.39 is 0 Å². The molecule has 0 aliphatic heterocycles. The van der Waals surface area contributed by atoms with Crippen LogP contribution in [-0.2, 0) is 4.57 Å². The monoisotopic (exact) mass is 126 g/mol. The van der Waals surface area contributed by atoms with Crippen LogP contribution in [0.5, 0.6) is 0 Å². The second-order valence-electron chi connectivity index (χ2n) is 0.999. The average Bonchev–Trinajstić information content (AvgIpc) is 1.61. The number of unbranched alkanes of at least 4 members (excludes halogenated alkanes) is 1. The van der Waals surface area contributed by atoms with Crippen molar-refractivity contribution in [3.05, 3.63) is 0 Å². The van der Waals surface area contributed by atoms with Crippen molar-refractivity contribution in [3.8, 4) is 5.63 Å². The molecule has 0 N–H and O–H groups in total. The Morgan fingerprint density at radius 3 is 2.57 bits per heavy atom. The molecule has 0 aliphatic rings. The molecule has 0 aliphatic carbocycles. The molecule has 0 saturated heterocycles. The van der Waals surface area contributed by atoms with Crippen LogP contribution in [0.1, 0.15) is 21.2 Å². The summed E-state index contributed by atoms with van der Waals surface area (Å²) < 4.78 is 9.55. The second kappa shape index (κ2) is 10.1. The van der Waals surface area contributed by atoms with Crippen LogP contribution >= 0.6 is 7.92 Å². The maximum absolute atomic E-state index is 9.55. The summed E-state index contributed by atoms with van der Waals surface area (Å²) in [5.74, 6) is 0. The zero-order valence-corrected chi connectivity index (χ0v) is 7.66. The molecule has 0 atom stereocenters. The molecule has 36 valence electrons. The van der Waals surface area contributed by atoms with Gasteiger partial charge < -0.3 is 1.43 Å². The van der Waals surface area contributed by atoms with E-state index in [-0.39, 0.29) is 38.9 Å². The van der Waals surface area contributed by atoms with Gasteiger partial charge in [0.1, 0.15) is 0 Å². The largest absolute Gasteiger partial charge is 1.00 e. The molecule has 0 amide bonds. The quantitative estimate of drug-likeness (QED) is 0.330. The van der Waals surface area contributed by atoms with Crippen LogP contribution in [-0.4, -0.2) is 0 Å². The molecule has 0 aromatic carbocycles. The zero-order valence-electron chi connectivity index (χ0n) is 5.77. The van der Waals surface area contributed by atoms with Crippen LogP contribution in [0.25, 0.3) is 0 Å². The standard InChI is InChI=1S/C4H7OP.Na.H/c1-2-3-4-6-5;;/h2-3H2,1H3;;/q;+1;-1. The smallest absolute Gasteiger partial charge is 1.00 e. The molecule has 3 heteroatoms. The van der Waals surface area contributed by atoms with E-state index in [1.165, 1.54) is 0 Å². The topological polar surface area (TPSA) is 17.1 Å². The summed E-state index contributed by atoms with van der Waals surface area (Å²) in [6, 6.07) is 0. The van der Waals surface area contributed by atoms with Crippen molar-refractivity contribution >= 4 is 7.92 Å². The average molecular weight is 126 g/mol. The Hall–Kier alpha value is 1.01. The van der Waals surface area contributed by atoms with E-state index in [0.717, 1.165) is 12.8 Å². The van der Waals surface area contributed by atoms with E-state index in [4.69, 9.17) is 0 Å². The van der Waals surface area contributed by atoms with Crippen molar-refractivity contribution in [3.63, 3.8) is 0 Å². The summed E-state index contributed by atoms with van der Waals surface area (Å²) in [7, 11) is 0.0454. The fourth-order valence-electron chi connectivity index (χ4n) is 0.157. The summed E-state index contributed by atoms with van der Waals surface area (Å²) in [4.78, 5) is 0. The van der Waals surface area contributed by atoms with Gasteiger partial charge in [0.05, 0.1) is 0 Å². The van der Waals surface area contributed by atoms with Gasteiger partial charge in [-0.1, -0.05) is 0 Å². The van der Waals surface area contributed by atoms with Crippen molar-refractivity contribution < 1.29 is 35.5 Å². The van der Waals surface area contributed by atoms with E-state index >= 15 is 0 Å². The third kappa shape index (κ3) is 10.9. The maximum Gasteiger partial charge on any atom is 1.00 e. The van der Waals surface area contributed by atoms with Gasteiger partial charge in [-0.25, -0.2) is 0 Å². The van der Waals surface area contributed by atoms with Crippen LogP contribution in [0.4, 0.5) is 0 Å². The molecule has 0 heterocycles. The molecule has 0 aromatic rings. The summed E-state index contributed by atoms with van der Waals surface area (Å²) in [6.45, 7) is 2.03. The van der Waals surface area contributed by atoms with Gasteiger partial charge >= 0.3 is 67.4 Å². The fourth-order valence-corrected chi connectivity index (χ4v) is 0.472. The van der Waals surface area contributed by atoms with Gasteiger partial charge in [-0.2, -0.15) is 0 Å². The molecule has 0 radical (unpaired) electrons. The molecule has 7 heavy (non-hydrogen) atoms. The van der Waals surface area contributed by atoms with Crippen LogP contribution < -0.4 is 29.6 Å². The van der Waals surface area contributed by atoms with E-state index in [0.29, 0.717) is 0 Å². The summed E-state index contributed by atoms with van der Waals surface area (Å²) in [6.07, 6.45) is 1.88. The zero-order chi connectivity index (χ0) is 4.83. The number of hydrogen-bond donors (Lipinski definition) is 0. The van der Waals surface area contributed by atoms with Gasteiger partial charge in [0, 0.05) is 0 Å². The molecule has 0 aromatic heterocycles. The molecule has 0 spiro atoms. The Labute approximate surface area is 68.8 Å². The first-order valence-corrected chi connectivity index (χ1v) is 2.78. The van der Waals surface area contributed by atoms with Gasteiger partial charge in [-0.3, -0.25) is 0 Å². The van der Waals surface area contributed by atoms with Gasteiger partial charge in [0.25, 0.3) is 0 Å². The van der Waals surface area contributed by atoms with Gasteiger partial charge in [-0.05, 0) is 0 Å². The van der Waals surface area contributed by atoms with Crippen molar-refractivity contribution in [2.75, 3.05) is 0 Å². The van der Waals surface area contributed by atoms with E-state index in [1.807, 2.05) is 6.92 Å². The molecule has 0 saturated carbocycles. The molecular weight excluding hydrogens is 118 g/mol. The Kier molecular flexibility index (Phi) is 15.7. The molecule has 0 unspecified atom stereocenters. The van der Waals surface area contributed by atoms with Crippen LogP contribution in [0, 0.1) is 5.63 Å². The molecule has 0 rings (SSSR count). The fraction of sp³-hybridized carbons (Fsp3) is 0.750. The second-order valence-corrected chi connectivity index (χ2v) is 1.50. The first-order chi connectivity index (χ1) is 2.91. The Bertz CT molecular complexity index is 108. The summed E-state index contributed by atoms with van der Waals surface area (Å²) in [5, 5.41) is 0. The van der Waals surface area contributed by atoms with Gasteiger partial charge in [0.2, 0.25) is 0 Å². The Morgan fingerprint density at radius 1 is 1.86 bits per heavy atom. The number of rotatable bonds is 1. The van der Waals surface area contributed by atoms with E-state index in [9.17, 15) is 4.57 Å². The summed E-state index contributed by atoms with van der Waals surface area (Å²) >= 11 is 0. The Balaban J connectivity index is -0.000000125. The van der Waals surface area contributed by atoms with E-state index in [2.05, 4.69) is 5.63 Å². The minimum atomic E-state index is 0. The van der Waals surface area contributed by atoms with Crippen molar-refractivity contribution in [1.29, 1.82) is 0 Å². The molecule has 0 bridgehead atoms. The third-order valence-electron chi connectivity index (χ3n) is 0.426. The van der Waals surface area contributed by atoms with Crippen LogP contribution in [0.3, 0.4) is 0 Å². The first kappa shape index (κ1) is 10.9. The minimum Gasteiger partial charge on any atom is -1.00 e. The van der Waals surface area contributed by atoms with Crippen molar-refractivity contribution in [2.45, 2.75) is 19.8 Å². The maximum atomic E-state index is 9.55.